The monoisotopic (exact) mass is 591 g/mol. The Morgan fingerprint density at radius 3 is 2.20 bits per heavy atom. The second-order valence-corrected chi connectivity index (χ2v) is 11.9. The Morgan fingerprint density at radius 1 is 0.795 bits per heavy atom. The van der Waals surface area contributed by atoms with E-state index < -0.39 is 0 Å². The Balaban J connectivity index is 1.18. The summed E-state index contributed by atoms with van der Waals surface area (Å²) in [6.45, 7) is 8.12. The molecular formula is C35H41N7O2. The van der Waals surface area contributed by atoms with Crippen LogP contribution in [0.25, 0.3) is 11.1 Å². The minimum absolute atomic E-state index is 0.145. The molecule has 2 N–H and O–H groups in total. The zero-order valence-corrected chi connectivity index (χ0v) is 25.8. The van der Waals surface area contributed by atoms with E-state index >= 15 is 0 Å². The van der Waals surface area contributed by atoms with Crippen molar-refractivity contribution in [2.75, 3.05) is 66.7 Å². The number of rotatable bonds is 7. The highest BCUT2D eigenvalue weighted by molar-refractivity contribution is 6.05. The molecule has 4 heterocycles. The summed E-state index contributed by atoms with van der Waals surface area (Å²) in [6.07, 6.45) is 7.40. The standard InChI is InChI=1S/C35H41N7O2/c1-25-30(8-7-9-31(25)38-34(43)26-10-12-28(13-11-26)41-16-5-4-6-17-41)27-22-32(35(44)40(3)24-27)37-33-15-14-29(23-36-33)42-20-18-39(2)19-21-42/h7-15,22-24H,4-6,16-21H2,1-3H3,(H,36,37)(H,38,43). The first kappa shape index (κ1) is 29.4. The number of anilines is 5. The third-order valence-electron chi connectivity index (χ3n) is 8.81. The van der Waals surface area contributed by atoms with Crippen molar-refractivity contribution in [1.82, 2.24) is 14.5 Å². The van der Waals surface area contributed by atoms with Gasteiger partial charge in [0.25, 0.3) is 11.5 Å². The number of pyridine rings is 2. The van der Waals surface area contributed by atoms with E-state index in [4.69, 9.17) is 0 Å². The molecule has 1 amide bonds. The van der Waals surface area contributed by atoms with Crippen molar-refractivity contribution in [2.24, 2.45) is 7.05 Å². The van der Waals surface area contributed by atoms with E-state index in [-0.39, 0.29) is 11.5 Å². The van der Waals surface area contributed by atoms with Gasteiger partial charge in [-0.1, -0.05) is 12.1 Å². The predicted octanol–water partition coefficient (Wildman–Crippen LogP) is 5.49. The van der Waals surface area contributed by atoms with Crippen LogP contribution in [-0.2, 0) is 7.05 Å². The van der Waals surface area contributed by atoms with Crippen molar-refractivity contribution >= 4 is 34.5 Å². The van der Waals surface area contributed by atoms with Crippen LogP contribution in [0.5, 0.6) is 0 Å². The first-order valence-corrected chi connectivity index (χ1v) is 15.5. The van der Waals surface area contributed by atoms with Crippen molar-refractivity contribution < 1.29 is 4.79 Å². The molecule has 0 atom stereocenters. The van der Waals surface area contributed by atoms with Crippen LogP contribution in [-0.4, -0.2) is 66.7 Å². The van der Waals surface area contributed by atoms with Crippen LogP contribution in [0.15, 0.2) is 77.9 Å². The molecule has 0 saturated carbocycles. The van der Waals surface area contributed by atoms with Gasteiger partial charge in [-0.25, -0.2) is 4.98 Å². The highest BCUT2D eigenvalue weighted by Gasteiger charge is 2.17. The maximum Gasteiger partial charge on any atom is 0.274 e. The zero-order chi connectivity index (χ0) is 30.6. The van der Waals surface area contributed by atoms with Gasteiger partial charge in [-0.05, 0) is 92.9 Å². The van der Waals surface area contributed by atoms with E-state index in [1.807, 2.05) is 80.0 Å². The molecule has 0 spiro atoms. The number of likely N-dealkylation sites (N-methyl/N-ethyl adjacent to an activating group) is 1. The molecule has 9 heteroatoms. The average Bonchev–Trinajstić information content (AvgIpc) is 3.05. The van der Waals surface area contributed by atoms with E-state index in [1.165, 1.54) is 24.9 Å². The summed E-state index contributed by atoms with van der Waals surface area (Å²) in [4.78, 5) is 37.9. The molecule has 2 saturated heterocycles. The number of aryl methyl sites for hydroxylation is 1. The molecule has 2 aromatic heterocycles. The van der Waals surface area contributed by atoms with Gasteiger partial charge in [0, 0.05) is 75.0 Å². The molecule has 2 aromatic carbocycles. The first-order valence-electron chi connectivity index (χ1n) is 15.5. The van der Waals surface area contributed by atoms with Crippen LogP contribution in [0.2, 0.25) is 0 Å². The molecule has 2 aliphatic heterocycles. The van der Waals surface area contributed by atoms with Crippen molar-refractivity contribution in [1.29, 1.82) is 0 Å². The van der Waals surface area contributed by atoms with E-state index in [0.29, 0.717) is 17.1 Å². The lowest BCUT2D eigenvalue weighted by Crippen LogP contribution is -2.44. The Kier molecular flexibility index (Phi) is 8.65. The van der Waals surface area contributed by atoms with Crippen molar-refractivity contribution in [3.63, 3.8) is 0 Å². The van der Waals surface area contributed by atoms with Crippen LogP contribution in [0.1, 0.15) is 35.2 Å². The number of amides is 1. The molecule has 4 aromatic rings. The lowest BCUT2D eigenvalue weighted by Gasteiger charge is -2.33. The highest BCUT2D eigenvalue weighted by Crippen LogP contribution is 2.30. The number of benzene rings is 2. The number of carbonyl (C=O) groups excluding carboxylic acids is 1. The largest absolute Gasteiger partial charge is 0.372 e. The Hall–Kier alpha value is -4.63. The fraction of sp³-hybridized carbons (Fsp3) is 0.343. The maximum absolute atomic E-state index is 13.2. The molecule has 2 fully saturated rings. The fourth-order valence-corrected chi connectivity index (χ4v) is 6.05. The van der Waals surface area contributed by atoms with E-state index in [1.54, 1.807) is 11.6 Å². The minimum atomic E-state index is -0.149. The quantitative estimate of drug-likeness (QED) is 0.294. The lowest BCUT2D eigenvalue weighted by atomic mass is 10.00. The summed E-state index contributed by atoms with van der Waals surface area (Å²) in [5.41, 5.74) is 6.61. The van der Waals surface area contributed by atoms with Crippen LogP contribution in [0.3, 0.4) is 0 Å². The average molecular weight is 592 g/mol. The second kappa shape index (κ2) is 12.9. The third-order valence-corrected chi connectivity index (χ3v) is 8.81. The number of hydrogen-bond acceptors (Lipinski definition) is 7. The molecule has 0 radical (unpaired) electrons. The summed E-state index contributed by atoms with van der Waals surface area (Å²) in [6, 6.07) is 19.5. The van der Waals surface area contributed by atoms with Gasteiger partial charge in [-0.15, -0.1) is 0 Å². The fourth-order valence-electron chi connectivity index (χ4n) is 6.05. The smallest absolute Gasteiger partial charge is 0.274 e. The molecule has 0 unspecified atom stereocenters. The minimum Gasteiger partial charge on any atom is -0.372 e. The lowest BCUT2D eigenvalue weighted by molar-refractivity contribution is 0.102. The highest BCUT2D eigenvalue weighted by atomic mass is 16.1. The predicted molar refractivity (Wildman–Crippen MR) is 180 cm³/mol. The Morgan fingerprint density at radius 2 is 1.50 bits per heavy atom. The van der Waals surface area contributed by atoms with E-state index in [2.05, 4.69) is 37.4 Å². The van der Waals surface area contributed by atoms with Crippen molar-refractivity contribution in [3.8, 4) is 11.1 Å². The molecule has 9 nitrogen and oxygen atoms in total. The normalized spacial score (nSPS) is 15.7. The van der Waals surface area contributed by atoms with Crippen molar-refractivity contribution in [2.45, 2.75) is 26.2 Å². The molecule has 2 aliphatic rings. The Bertz CT molecular complexity index is 1670. The van der Waals surface area contributed by atoms with Gasteiger partial charge < -0.3 is 29.9 Å². The van der Waals surface area contributed by atoms with Gasteiger partial charge in [-0.2, -0.15) is 0 Å². The van der Waals surface area contributed by atoms with Crippen LogP contribution < -0.4 is 26.0 Å². The number of aromatic nitrogens is 2. The summed E-state index contributed by atoms with van der Waals surface area (Å²) < 4.78 is 1.57. The molecule has 0 aliphatic carbocycles. The van der Waals surface area contributed by atoms with Gasteiger partial charge >= 0.3 is 0 Å². The first-order chi connectivity index (χ1) is 21.4. The van der Waals surface area contributed by atoms with Crippen LogP contribution >= 0.6 is 0 Å². The molecule has 6 rings (SSSR count). The van der Waals surface area contributed by atoms with Gasteiger partial charge in [0.2, 0.25) is 0 Å². The van der Waals surface area contributed by atoms with E-state index in [0.717, 1.165) is 67.3 Å². The van der Waals surface area contributed by atoms with E-state index in [9.17, 15) is 9.59 Å². The number of hydrogen-bond donors (Lipinski definition) is 2. The summed E-state index contributed by atoms with van der Waals surface area (Å²) in [5, 5.41) is 6.33. The van der Waals surface area contributed by atoms with Gasteiger partial charge in [0.15, 0.2) is 0 Å². The number of nitrogens with one attached hydrogen (secondary N) is 2. The molecule has 228 valence electrons. The second-order valence-electron chi connectivity index (χ2n) is 11.9. The number of nitrogens with zero attached hydrogens (tertiary/aromatic N) is 5. The topological polar surface area (TPSA) is 85.7 Å². The summed E-state index contributed by atoms with van der Waals surface area (Å²) in [5.74, 6) is 0.463. The summed E-state index contributed by atoms with van der Waals surface area (Å²) in [7, 11) is 3.88. The number of piperazine rings is 1. The van der Waals surface area contributed by atoms with Gasteiger partial charge in [0.05, 0.1) is 11.9 Å². The van der Waals surface area contributed by atoms with Crippen LogP contribution in [0.4, 0.5) is 28.6 Å². The molecular weight excluding hydrogens is 550 g/mol. The van der Waals surface area contributed by atoms with Crippen molar-refractivity contribution in [3.05, 3.63) is 94.5 Å². The number of piperidine rings is 1. The maximum atomic E-state index is 13.2. The molecule has 44 heavy (non-hydrogen) atoms. The summed E-state index contributed by atoms with van der Waals surface area (Å²) >= 11 is 0. The van der Waals surface area contributed by atoms with Gasteiger partial charge in [-0.3, -0.25) is 9.59 Å². The van der Waals surface area contributed by atoms with Crippen LogP contribution in [0, 0.1) is 6.92 Å². The van der Waals surface area contributed by atoms with Gasteiger partial charge in [0.1, 0.15) is 11.5 Å². The third kappa shape index (κ3) is 6.48. The molecule has 0 bridgehead atoms. The number of carbonyl (C=O) groups is 1. The zero-order valence-electron chi connectivity index (χ0n) is 25.8. The SMILES string of the molecule is Cc1c(NC(=O)c2ccc(N3CCCCC3)cc2)cccc1-c1cc(Nc2ccc(N3CCN(C)CC3)cn2)c(=O)n(C)c1. The Labute approximate surface area is 259 Å².